The summed E-state index contributed by atoms with van der Waals surface area (Å²) < 4.78 is 13.2. The number of anilines is 6. The molecule has 0 atom stereocenters. The molecule has 0 bridgehead atoms. The lowest BCUT2D eigenvalue weighted by atomic mass is 9.73. The molecule has 0 saturated carbocycles. The molecule has 4 heteroatoms. The van der Waals surface area contributed by atoms with Crippen LogP contribution in [0.25, 0.3) is 109 Å². The van der Waals surface area contributed by atoms with Crippen LogP contribution in [0.5, 0.6) is 11.5 Å². The lowest BCUT2D eigenvalue weighted by Gasteiger charge is -2.42. The van der Waals surface area contributed by atoms with Gasteiger partial charge in [-0.3, -0.25) is 0 Å². The van der Waals surface area contributed by atoms with Gasteiger partial charge in [0.1, 0.15) is 11.2 Å². The van der Waals surface area contributed by atoms with Gasteiger partial charge in [0.2, 0.25) is 0 Å². The van der Waals surface area contributed by atoms with E-state index in [1.807, 2.05) is 0 Å². The van der Waals surface area contributed by atoms with Gasteiger partial charge in [0, 0.05) is 33.0 Å². The highest BCUT2D eigenvalue weighted by Crippen LogP contribution is 2.60. The smallest absolute Gasteiger partial charge is 0.151 e. The Morgan fingerprint density at radius 2 is 0.747 bits per heavy atom. The van der Waals surface area contributed by atoms with Gasteiger partial charge in [-0.2, -0.15) is 0 Å². The summed E-state index contributed by atoms with van der Waals surface area (Å²) >= 11 is 0. The van der Waals surface area contributed by atoms with Crippen molar-refractivity contribution in [3.63, 3.8) is 0 Å². The van der Waals surface area contributed by atoms with Gasteiger partial charge in [-0.05, 0) is 142 Å². The fourth-order valence-corrected chi connectivity index (χ4v) is 13.8. The molecular formula is C71H44N2O2. The summed E-state index contributed by atoms with van der Waals surface area (Å²) in [6.07, 6.45) is 0. The molecule has 0 N–H and O–H groups in total. The molecule has 2 aliphatic rings. The highest BCUT2D eigenvalue weighted by Gasteiger charge is 2.39. The van der Waals surface area contributed by atoms with Crippen LogP contribution in [0.3, 0.4) is 0 Å². The molecule has 2 aliphatic heterocycles. The van der Waals surface area contributed by atoms with Crippen molar-refractivity contribution in [2.75, 3.05) is 9.80 Å². The third-order valence-corrected chi connectivity index (χ3v) is 16.9. The zero-order chi connectivity index (χ0) is 49.3. The first kappa shape index (κ1) is 40.9. The van der Waals surface area contributed by atoms with Crippen molar-refractivity contribution in [1.82, 2.24) is 0 Å². The second kappa shape index (κ2) is 14.7. The van der Waals surface area contributed by atoms with Gasteiger partial charge in [0.25, 0.3) is 0 Å². The van der Waals surface area contributed by atoms with E-state index in [9.17, 15) is 0 Å². The van der Waals surface area contributed by atoms with Gasteiger partial charge in [-0.1, -0.05) is 184 Å². The second-order valence-corrected chi connectivity index (χ2v) is 21.0. The van der Waals surface area contributed by atoms with E-state index in [1.54, 1.807) is 0 Å². The molecule has 14 aromatic carbocycles. The minimum absolute atomic E-state index is 0.271. The maximum atomic E-state index is 6.66. The molecule has 17 rings (SSSR count). The fraction of sp³-hybridized carbons (Fsp3) is 0.0423. The Morgan fingerprint density at radius 3 is 1.33 bits per heavy atom. The van der Waals surface area contributed by atoms with E-state index in [-0.39, 0.29) is 5.41 Å². The molecule has 1 aromatic heterocycles. The number of furan rings is 1. The first-order valence-corrected chi connectivity index (χ1v) is 26.0. The predicted molar refractivity (Wildman–Crippen MR) is 314 cm³/mol. The van der Waals surface area contributed by atoms with Gasteiger partial charge < -0.3 is 19.0 Å². The Bertz CT molecular complexity index is 4750. The fourth-order valence-electron chi connectivity index (χ4n) is 13.8. The molecule has 3 heterocycles. The van der Waals surface area contributed by atoms with E-state index < -0.39 is 0 Å². The van der Waals surface area contributed by atoms with Crippen LogP contribution in [-0.2, 0) is 5.41 Å². The van der Waals surface area contributed by atoms with E-state index in [4.69, 9.17) is 9.15 Å². The molecule has 0 fully saturated rings. The highest BCUT2D eigenvalue weighted by atomic mass is 16.5. The first-order valence-electron chi connectivity index (χ1n) is 26.0. The molecule has 0 spiro atoms. The highest BCUT2D eigenvalue weighted by molar-refractivity contribution is 6.47. The number of rotatable bonds is 4. The van der Waals surface area contributed by atoms with Gasteiger partial charge in [-0.15, -0.1) is 0 Å². The molecule has 15 aromatic rings. The standard InChI is InChI=1S/C71H44N2O2/c1-71(2)51-28-10-11-29-55(51)72(58-40-62-50(39-52(58)71)43-23-9-14-32-59(43)74-62)53-37-35-48-65-44(53)24-17-26-46(65)67-63(41-19-5-3-6-20-41)70-49-36-38-54(73-56-30-12-15-33-60(56)75-61-34-16-13-31-57(61)73)45-25-18-27-47(66(45)49)68(70)64(69(48)67)42-21-7-4-8-22-42/h3-40H,1-2H3. The molecule has 0 saturated heterocycles. The summed E-state index contributed by atoms with van der Waals surface area (Å²) in [4.78, 5) is 4.91. The van der Waals surface area contributed by atoms with Crippen LogP contribution in [0, 0.1) is 0 Å². The normalized spacial score (nSPS) is 13.9. The van der Waals surface area contributed by atoms with Gasteiger partial charge in [0.15, 0.2) is 11.5 Å². The number of para-hydroxylation sites is 6. The number of nitrogens with zero attached hydrogens (tertiary/aromatic N) is 2. The maximum absolute atomic E-state index is 6.66. The summed E-state index contributed by atoms with van der Waals surface area (Å²) in [5.74, 6) is 1.68. The summed E-state index contributed by atoms with van der Waals surface area (Å²) in [5, 5.41) is 17.4. The molecule has 0 radical (unpaired) electrons. The van der Waals surface area contributed by atoms with Crippen LogP contribution >= 0.6 is 0 Å². The number of benzene rings is 12. The lowest BCUT2D eigenvalue weighted by Crippen LogP contribution is -2.30. The SMILES string of the molecule is CC1(C)c2ccccc2N(c2ccc3c4c(-c5ccccc5)c5c6cccc7c(N8c9ccccc9Oc9ccccc98)ccc(c5c(-c5ccccc5)c4c4cccc2c43)c76)c2cc3oc4ccccc4c3cc21. The maximum Gasteiger partial charge on any atom is 0.151 e. The number of fused-ring (bicyclic) bond motifs is 13. The molecule has 0 aliphatic carbocycles. The number of hydrogen-bond acceptors (Lipinski definition) is 4. The average molecular weight is 957 g/mol. The van der Waals surface area contributed by atoms with E-state index in [0.717, 1.165) is 61.9 Å². The Hall–Kier alpha value is -9.64. The van der Waals surface area contributed by atoms with Crippen LogP contribution in [0.4, 0.5) is 34.1 Å². The van der Waals surface area contributed by atoms with E-state index in [2.05, 4.69) is 254 Å². The van der Waals surface area contributed by atoms with Gasteiger partial charge >= 0.3 is 0 Å². The van der Waals surface area contributed by atoms with E-state index in [0.29, 0.717) is 0 Å². The zero-order valence-electron chi connectivity index (χ0n) is 41.2. The average Bonchev–Trinajstić information content (AvgIpc) is 4.28. The predicted octanol–water partition coefficient (Wildman–Crippen LogP) is 20.4. The van der Waals surface area contributed by atoms with Crippen molar-refractivity contribution in [3.05, 3.63) is 242 Å². The quantitative estimate of drug-likeness (QED) is 0.176. The molecular weight excluding hydrogens is 913 g/mol. The van der Waals surface area contributed by atoms with Crippen LogP contribution in [0.15, 0.2) is 235 Å². The summed E-state index contributed by atoms with van der Waals surface area (Å²) in [6.45, 7) is 4.74. The summed E-state index contributed by atoms with van der Waals surface area (Å²) in [6, 6.07) is 84.7. The Kier molecular flexibility index (Phi) is 8.04. The monoisotopic (exact) mass is 956 g/mol. The van der Waals surface area contributed by atoms with Crippen molar-refractivity contribution in [3.8, 4) is 33.8 Å². The topological polar surface area (TPSA) is 28.9 Å². The third kappa shape index (κ3) is 5.35. The molecule has 350 valence electrons. The molecule has 0 unspecified atom stereocenters. The van der Waals surface area contributed by atoms with Crippen LogP contribution in [0.1, 0.15) is 25.0 Å². The Balaban J connectivity index is 1.01. The number of ether oxygens (including phenoxy) is 1. The van der Waals surface area contributed by atoms with Crippen LogP contribution in [0.2, 0.25) is 0 Å². The van der Waals surface area contributed by atoms with Crippen molar-refractivity contribution in [1.29, 1.82) is 0 Å². The minimum atomic E-state index is -0.271. The molecule has 4 nitrogen and oxygen atoms in total. The van der Waals surface area contributed by atoms with Crippen molar-refractivity contribution in [2.45, 2.75) is 19.3 Å². The van der Waals surface area contributed by atoms with Gasteiger partial charge in [0.05, 0.1) is 34.1 Å². The second-order valence-electron chi connectivity index (χ2n) is 21.0. The lowest BCUT2D eigenvalue weighted by molar-refractivity contribution is 0.477. The van der Waals surface area contributed by atoms with Crippen molar-refractivity contribution >= 4 is 121 Å². The Morgan fingerprint density at radius 1 is 0.293 bits per heavy atom. The zero-order valence-corrected chi connectivity index (χ0v) is 41.2. The largest absolute Gasteiger partial charge is 0.456 e. The number of hydrogen-bond donors (Lipinski definition) is 0. The summed E-state index contributed by atoms with van der Waals surface area (Å²) in [5.41, 5.74) is 15.7. The summed E-state index contributed by atoms with van der Waals surface area (Å²) in [7, 11) is 0. The van der Waals surface area contributed by atoms with Crippen LogP contribution in [-0.4, -0.2) is 0 Å². The Labute approximate surface area is 432 Å². The van der Waals surface area contributed by atoms with E-state index in [1.165, 1.54) is 104 Å². The van der Waals surface area contributed by atoms with Crippen molar-refractivity contribution in [2.24, 2.45) is 0 Å². The molecule has 0 amide bonds. The minimum Gasteiger partial charge on any atom is -0.456 e. The van der Waals surface area contributed by atoms with Gasteiger partial charge in [-0.25, -0.2) is 0 Å². The first-order chi connectivity index (χ1) is 37.0. The van der Waals surface area contributed by atoms with E-state index >= 15 is 0 Å². The van der Waals surface area contributed by atoms with Crippen LogP contribution < -0.4 is 14.5 Å². The third-order valence-electron chi connectivity index (χ3n) is 16.9. The molecule has 75 heavy (non-hydrogen) atoms. The van der Waals surface area contributed by atoms with Crippen molar-refractivity contribution < 1.29 is 9.15 Å².